The third-order valence-corrected chi connectivity index (χ3v) is 4.62. The third-order valence-electron chi connectivity index (χ3n) is 3.76. The van der Waals surface area contributed by atoms with E-state index in [1.807, 2.05) is 13.8 Å². The summed E-state index contributed by atoms with van der Waals surface area (Å²) in [5.74, 6) is 0.353. The number of nitrogens with zero attached hydrogens (tertiary/aromatic N) is 3. The number of carbonyl (C=O) groups excluding carboxylic acids is 1. The molecule has 0 bridgehead atoms. The fourth-order valence-electron chi connectivity index (χ4n) is 2.26. The number of sulfone groups is 1. The number of aromatic nitrogens is 2. The van der Waals surface area contributed by atoms with E-state index in [1.165, 1.54) is 6.20 Å². The fourth-order valence-corrected chi connectivity index (χ4v) is 2.76. The molecule has 0 spiro atoms. The van der Waals surface area contributed by atoms with Gasteiger partial charge in [-0.05, 0) is 27.2 Å². The largest absolute Gasteiger partial charge is 0.293 e. The molecule has 1 unspecified atom stereocenters. The maximum Gasteiger partial charge on any atom is 0.248 e. The van der Waals surface area contributed by atoms with Crippen LogP contribution in [0.2, 0.25) is 0 Å². The molecule has 0 fully saturated rings. The van der Waals surface area contributed by atoms with Crippen molar-refractivity contribution in [1.82, 2.24) is 9.97 Å². The van der Waals surface area contributed by atoms with Gasteiger partial charge in [-0.25, -0.2) is 18.4 Å². The van der Waals surface area contributed by atoms with Crippen molar-refractivity contribution in [3.05, 3.63) is 11.8 Å². The van der Waals surface area contributed by atoms with E-state index in [0.29, 0.717) is 11.4 Å². The highest BCUT2D eigenvalue weighted by Gasteiger charge is 2.47. The van der Waals surface area contributed by atoms with Crippen molar-refractivity contribution in [1.29, 1.82) is 0 Å². The topological polar surface area (TPSA) is 80.2 Å². The van der Waals surface area contributed by atoms with Crippen molar-refractivity contribution in [2.24, 2.45) is 0 Å². The molecule has 1 aliphatic heterocycles. The van der Waals surface area contributed by atoms with Crippen LogP contribution in [0.5, 0.6) is 0 Å². The molecule has 0 aromatic carbocycles. The molecular formula is C13H19N3O3S. The minimum atomic E-state index is -3.50. The SMILES string of the molecule is CCC(C)N1C(=O)C(C)(C)c2cnc(S(C)(=O)=O)nc21. The molecule has 0 saturated carbocycles. The van der Waals surface area contributed by atoms with Crippen molar-refractivity contribution >= 4 is 21.6 Å². The van der Waals surface area contributed by atoms with Crippen LogP contribution in [0.4, 0.5) is 5.82 Å². The molecule has 110 valence electrons. The lowest BCUT2D eigenvalue weighted by Gasteiger charge is -2.25. The molecule has 1 aliphatic rings. The van der Waals surface area contributed by atoms with Gasteiger partial charge in [0.25, 0.3) is 0 Å². The van der Waals surface area contributed by atoms with Gasteiger partial charge in [0, 0.05) is 24.1 Å². The number of hydrogen-bond acceptors (Lipinski definition) is 5. The van der Waals surface area contributed by atoms with Crippen LogP contribution in [0.1, 0.15) is 39.7 Å². The van der Waals surface area contributed by atoms with E-state index in [0.717, 1.165) is 12.7 Å². The van der Waals surface area contributed by atoms with E-state index in [2.05, 4.69) is 9.97 Å². The molecule has 7 heteroatoms. The van der Waals surface area contributed by atoms with Gasteiger partial charge < -0.3 is 0 Å². The first-order chi connectivity index (χ1) is 9.10. The van der Waals surface area contributed by atoms with Crippen molar-refractivity contribution in [3.63, 3.8) is 0 Å². The van der Waals surface area contributed by atoms with Crippen molar-refractivity contribution in [3.8, 4) is 0 Å². The molecular weight excluding hydrogens is 278 g/mol. The zero-order valence-corrected chi connectivity index (χ0v) is 13.2. The van der Waals surface area contributed by atoms with Crippen LogP contribution in [0.3, 0.4) is 0 Å². The van der Waals surface area contributed by atoms with Crippen molar-refractivity contribution in [2.45, 2.75) is 50.7 Å². The summed E-state index contributed by atoms with van der Waals surface area (Å²) in [4.78, 5) is 22.2. The maximum absolute atomic E-state index is 12.6. The second-order valence-electron chi connectivity index (χ2n) is 5.72. The third kappa shape index (κ3) is 2.09. The van der Waals surface area contributed by atoms with Crippen LogP contribution < -0.4 is 4.90 Å². The summed E-state index contributed by atoms with van der Waals surface area (Å²) < 4.78 is 23.2. The van der Waals surface area contributed by atoms with Crippen LogP contribution >= 0.6 is 0 Å². The van der Waals surface area contributed by atoms with Gasteiger partial charge in [-0.3, -0.25) is 9.69 Å². The van der Waals surface area contributed by atoms with Crippen LogP contribution in [-0.4, -0.2) is 36.6 Å². The predicted octanol–water partition coefficient (Wildman–Crippen LogP) is 1.30. The minimum absolute atomic E-state index is 0.0367. The van der Waals surface area contributed by atoms with Gasteiger partial charge >= 0.3 is 0 Å². The van der Waals surface area contributed by atoms with Gasteiger partial charge in [0.2, 0.25) is 20.9 Å². The molecule has 1 aromatic heterocycles. The van der Waals surface area contributed by atoms with E-state index in [1.54, 1.807) is 18.7 Å². The Kier molecular flexibility index (Phi) is 3.36. The van der Waals surface area contributed by atoms with E-state index in [4.69, 9.17) is 0 Å². The molecule has 2 heterocycles. The highest BCUT2D eigenvalue weighted by Crippen LogP contribution is 2.41. The molecule has 0 radical (unpaired) electrons. The smallest absolute Gasteiger partial charge is 0.248 e. The normalized spacial score (nSPS) is 19.1. The van der Waals surface area contributed by atoms with Crippen LogP contribution in [-0.2, 0) is 20.0 Å². The first-order valence-corrected chi connectivity index (χ1v) is 8.41. The van der Waals surface area contributed by atoms with Crippen molar-refractivity contribution < 1.29 is 13.2 Å². The minimum Gasteiger partial charge on any atom is -0.293 e. The summed E-state index contributed by atoms with van der Waals surface area (Å²) in [6.07, 6.45) is 3.28. The Labute approximate surface area is 119 Å². The molecule has 6 nitrogen and oxygen atoms in total. The van der Waals surface area contributed by atoms with Crippen LogP contribution in [0, 0.1) is 0 Å². The summed E-state index contributed by atoms with van der Waals surface area (Å²) in [5, 5.41) is -0.241. The van der Waals surface area contributed by atoms with Gasteiger partial charge in [-0.15, -0.1) is 0 Å². The molecule has 0 aliphatic carbocycles. The summed E-state index contributed by atoms with van der Waals surface area (Å²) in [7, 11) is -3.50. The zero-order valence-electron chi connectivity index (χ0n) is 12.3. The average molecular weight is 297 g/mol. The molecule has 1 aromatic rings. The van der Waals surface area contributed by atoms with E-state index >= 15 is 0 Å². The van der Waals surface area contributed by atoms with E-state index in [-0.39, 0.29) is 17.1 Å². The maximum atomic E-state index is 12.6. The van der Waals surface area contributed by atoms with E-state index < -0.39 is 15.3 Å². The Hall–Kier alpha value is -1.50. The van der Waals surface area contributed by atoms with Gasteiger partial charge in [0.05, 0.1) is 5.41 Å². The fraction of sp³-hybridized carbons (Fsp3) is 0.615. The number of fused-ring (bicyclic) bond motifs is 1. The molecule has 1 atom stereocenters. The van der Waals surface area contributed by atoms with Crippen LogP contribution in [0.25, 0.3) is 0 Å². The second kappa shape index (κ2) is 4.51. The number of carbonyl (C=O) groups is 1. The van der Waals surface area contributed by atoms with Gasteiger partial charge in [0.1, 0.15) is 5.82 Å². The Morgan fingerprint density at radius 2 is 2.00 bits per heavy atom. The summed E-state index contributed by atoms with van der Waals surface area (Å²) >= 11 is 0. The lowest BCUT2D eigenvalue weighted by atomic mass is 9.88. The Balaban J connectivity index is 2.68. The van der Waals surface area contributed by atoms with Gasteiger partial charge in [-0.2, -0.15) is 0 Å². The predicted molar refractivity (Wildman–Crippen MR) is 75.4 cm³/mol. The number of amides is 1. The van der Waals surface area contributed by atoms with Gasteiger partial charge in [-0.1, -0.05) is 6.92 Å². The summed E-state index contributed by atoms with van der Waals surface area (Å²) in [6.45, 7) is 7.51. The monoisotopic (exact) mass is 297 g/mol. The standard InChI is InChI=1S/C13H19N3O3S/c1-6-8(2)16-10-9(13(3,4)11(16)17)7-14-12(15-10)20(5,18)19/h7-8H,6H2,1-5H3. The zero-order chi connectivity index (χ0) is 15.3. The molecule has 2 rings (SSSR count). The first-order valence-electron chi connectivity index (χ1n) is 6.52. The number of anilines is 1. The summed E-state index contributed by atoms with van der Waals surface area (Å²) in [6, 6.07) is -0.0367. The average Bonchev–Trinajstić information content (AvgIpc) is 2.56. The highest BCUT2D eigenvalue weighted by molar-refractivity contribution is 7.90. The molecule has 20 heavy (non-hydrogen) atoms. The number of hydrogen-bond donors (Lipinski definition) is 0. The van der Waals surface area contributed by atoms with E-state index in [9.17, 15) is 13.2 Å². The number of rotatable bonds is 3. The first kappa shape index (κ1) is 14.9. The second-order valence-corrected chi connectivity index (χ2v) is 7.63. The molecule has 0 N–H and O–H groups in total. The Morgan fingerprint density at radius 3 is 2.50 bits per heavy atom. The van der Waals surface area contributed by atoms with Gasteiger partial charge in [0.15, 0.2) is 0 Å². The Morgan fingerprint density at radius 1 is 1.40 bits per heavy atom. The van der Waals surface area contributed by atoms with Crippen LogP contribution in [0.15, 0.2) is 11.4 Å². The lowest BCUT2D eigenvalue weighted by Crippen LogP contribution is -2.41. The lowest BCUT2D eigenvalue weighted by molar-refractivity contribution is -0.122. The molecule has 1 amide bonds. The highest BCUT2D eigenvalue weighted by atomic mass is 32.2. The quantitative estimate of drug-likeness (QED) is 0.786. The molecule has 0 saturated heterocycles. The summed E-state index contributed by atoms with van der Waals surface area (Å²) in [5.41, 5.74) is -0.0513. The van der Waals surface area contributed by atoms with Crippen molar-refractivity contribution in [2.75, 3.05) is 11.2 Å². The Bertz CT molecular complexity index is 667.